The maximum atomic E-state index is 5.45. The average Bonchev–Trinajstić information content (AvgIpc) is 2.47. The molecule has 2 aromatic rings. The summed E-state index contributed by atoms with van der Waals surface area (Å²) < 4.78 is 5.45. The number of hydrogen-bond acceptors (Lipinski definition) is 2. The summed E-state index contributed by atoms with van der Waals surface area (Å²) in [5, 5.41) is 0. The Morgan fingerprint density at radius 3 is 2.55 bits per heavy atom. The third-order valence-corrected chi connectivity index (χ3v) is 3.42. The van der Waals surface area contributed by atoms with E-state index in [0.717, 1.165) is 24.3 Å². The van der Waals surface area contributed by atoms with Crippen molar-refractivity contribution in [3.05, 3.63) is 54.1 Å². The molecule has 20 heavy (non-hydrogen) atoms. The van der Waals surface area contributed by atoms with E-state index in [1.807, 2.05) is 12.1 Å². The lowest BCUT2D eigenvalue weighted by Crippen LogP contribution is -2.13. The number of hydrogen-bond donors (Lipinski definition) is 0. The first kappa shape index (κ1) is 14.6. The van der Waals surface area contributed by atoms with Crippen molar-refractivity contribution in [1.82, 2.24) is 4.90 Å². The average molecular weight is 269 g/mol. The summed E-state index contributed by atoms with van der Waals surface area (Å²) in [7, 11) is 5.95. The Bertz CT molecular complexity index is 549. The second-order valence-corrected chi connectivity index (χ2v) is 5.31. The van der Waals surface area contributed by atoms with Gasteiger partial charge >= 0.3 is 0 Å². The SMILES string of the molecule is COc1ccccc1-c1cccc(CCCN(C)C)c1. The minimum atomic E-state index is 0.929. The molecule has 0 aliphatic carbocycles. The molecule has 0 radical (unpaired) electrons. The van der Waals surface area contributed by atoms with Crippen molar-refractivity contribution in [3.63, 3.8) is 0 Å². The second kappa shape index (κ2) is 7.11. The van der Waals surface area contributed by atoms with Gasteiger partial charge in [-0.05, 0) is 50.7 Å². The van der Waals surface area contributed by atoms with E-state index in [0.29, 0.717) is 0 Å². The predicted molar refractivity (Wildman–Crippen MR) is 85.3 cm³/mol. The van der Waals surface area contributed by atoms with Crippen molar-refractivity contribution in [2.75, 3.05) is 27.7 Å². The molecule has 0 aromatic heterocycles. The zero-order valence-corrected chi connectivity index (χ0v) is 12.6. The molecule has 0 saturated carbocycles. The van der Waals surface area contributed by atoms with Gasteiger partial charge in [0.15, 0.2) is 0 Å². The molecule has 0 N–H and O–H groups in total. The fourth-order valence-corrected chi connectivity index (χ4v) is 2.38. The van der Waals surface area contributed by atoms with Crippen LogP contribution in [0.2, 0.25) is 0 Å². The van der Waals surface area contributed by atoms with Crippen LogP contribution in [-0.2, 0) is 6.42 Å². The third-order valence-electron chi connectivity index (χ3n) is 3.42. The Hall–Kier alpha value is -1.80. The highest BCUT2D eigenvalue weighted by molar-refractivity contribution is 5.70. The lowest BCUT2D eigenvalue weighted by atomic mass is 10.00. The first-order chi connectivity index (χ1) is 9.70. The summed E-state index contributed by atoms with van der Waals surface area (Å²) in [6, 6.07) is 16.9. The minimum Gasteiger partial charge on any atom is -0.496 e. The molecule has 2 nitrogen and oxygen atoms in total. The molecule has 0 unspecified atom stereocenters. The van der Waals surface area contributed by atoms with Crippen LogP contribution < -0.4 is 4.74 Å². The first-order valence-electron chi connectivity index (χ1n) is 7.08. The highest BCUT2D eigenvalue weighted by atomic mass is 16.5. The third kappa shape index (κ3) is 3.84. The highest BCUT2D eigenvalue weighted by Crippen LogP contribution is 2.30. The largest absolute Gasteiger partial charge is 0.496 e. The van der Waals surface area contributed by atoms with Crippen LogP contribution in [0.4, 0.5) is 0 Å². The molecule has 0 aliphatic rings. The molecule has 0 spiro atoms. The Labute approximate surface area is 122 Å². The van der Waals surface area contributed by atoms with Gasteiger partial charge in [-0.15, -0.1) is 0 Å². The van der Waals surface area contributed by atoms with Crippen LogP contribution >= 0.6 is 0 Å². The van der Waals surface area contributed by atoms with Gasteiger partial charge in [0.25, 0.3) is 0 Å². The fraction of sp³-hybridized carbons (Fsp3) is 0.333. The van der Waals surface area contributed by atoms with Crippen molar-refractivity contribution in [1.29, 1.82) is 0 Å². The number of aryl methyl sites for hydroxylation is 1. The Morgan fingerprint density at radius 2 is 1.80 bits per heavy atom. The van der Waals surface area contributed by atoms with Crippen molar-refractivity contribution >= 4 is 0 Å². The standard InChI is InChI=1S/C18H23NO/c1-19(2)13-7-9-15-8-6-10-16(14-15)17-11-4-5-12-18(17)20-3/h4-6,8,10-12,14H,7,9,13H2,1-3H3. The summed E-state index contributed by atoms with van der Waals surface area (Å²) >= 11 is 0. The molecule has 2 rings (SSSR count). The second-order valence-electron chi connectivity index (χ2n) is 5.31. The molecule has 0 saturated heterocycles. The van der Waals surface area contributed by atoms with Crippen LogP contribution in [0.5, 0.6) is 5.75 Å². The van der Waals surface area contributed by atoms with Crippen molar-refractivity contribution in [2.24, 2.45) is 0 Å². The monoisotopic (exact) mass is 269 g/mol. The van der Waals surface area contributed by atoms with Crippen LogP contribution in [0.3, 0.4) is 0 Å². The quantitative estimate of drug-likeness (QED) is 0.789. The number of methoxy groups -OCH3 is 1. The minimum absolute atomic E-state index is 0.929. The summed E-state index contributed by atoms with van der Waals surface area (Å²) in [6.07, 6.45) is 2.30. The van der Waals surface area contributed by atoms with Gasteiger partial charge in [-0.25, -0.2) is 0 Å². The highest BCUT2D eigenvalue weighted by Gasteiger charge is 2.05. The van der Waals surface area contributed by atoms with E-state index in [9.17, 15) is 0 Å². The topological polar surface area (TPSA) is 12.5 Å². The Kier molecular flexibility index (Phi) is 5.19. The fourth-order valence-electron chi connectivity index (χ4n) is 2.38. The molecule has 0 amide bonds. The van der Waals surface area contributed by atoms with Gasteiger partial charge in [0.2, 0.25) is 0 Å². The lowest BCUT2D eigenvalue weighted by Gasteiger charge is -2.11. The molecule has 0 bridgehead atoms. The van der Waals surface area contributed by atoms with Crippen LogP contribution in [0.1, 0.15) is 12.0 Å². The number of para-hydroxylation sites is 1. The molecule has 0 atom stereocenters. The van der Waals surface area contributed by atoms with Gasteiger partial charge in [-0.3, -0.25) is 0 Å². The van der Waals surface area contributed by atoms with E-state index in [4.69, 9.17) is 4.74 Å². The molecule has 0 aliphatic heterocycles. The zero-order chi connectivity index (χ0) is 14.4. The lowest BCUT2D eigenvalue weighted by molar-refractivity contribution is 0.400. The molecular formula is C18H23NO. The van der Waals surface area contributed by atoms with E-state index in [-0.39, 0.29) is 0 Å². The molecule has 2 heteroatoms. The van der Waals surface area contributed by atoms with E-state index < -0.39 is 0 Å². The van der Waals surface area contributed by atoms with Crippen LogP contribution in [0, 0.1) is 0 Å². The van der Waals surface area contributed by atoms with Gasteiger partial charge in [-0.2, -0.15) is 0 Å². The van der Waals surface area contributed by atoms with Crippen molar-refractivity contribution < 1.29 is 4.74 Å². The number of benzene rings is 2. The van der Waals surface area contributed by atoms with E-state index in [2.05, 4.69) is 55.4 Å². The first-order valence-corrected chi connectivity index (χ1v) is 7.08. The van der Waals surface area contributed by atoms with Gasteiger partial charge in [0, 0.05) is 5.56 Å². The van der Waals surface area contributed by atoms with E-state index in [1.54, 1.807) is 7.11 Å². The van der Waals surface area contributed by atoms with Crippen LogP contribution in [0.15, 0.2) is 48.5 Å². The van der Waals surface area contributed by atoms with Crippen molar-refractivity contribution in [2.45, 2.75) is 12.8 Å². The summed E-state index contributed by atoms with van der Waals surface area (Å²) in [4.78, 5) is 2.23. The number of nitrogens with zero attached hydrogens (tertiary/aromatic N) is 1. The molecule has 106 valence electrons. The predicted octanol–water partition coefficient (Wildman–Crippen LogP) is 3.86. The van der Waals surface area contributed by atoms with E-state index in [1.165, 1.54) is 17.5 Å². The number of ether oxygens (including phenoxy) is 1. The molecular weight excluding hydrogens is 246 g/mol. The Balaban J connectivity index is 2.17. The maximum absolute atomic E-state index is 5.45. The zero-order valence-electron chi connectivity index (χ0n) is 12.6. The summed E-state index contributed by atoms with van der Waals surface area (Å²) in [5.41, 5.74) is 3.77. The summed E-state index contributed by atoms with van der Waals surface area (Å²) in [5.74, 6) is 0.929. The van der Waals surface area contributed by atoms with Crippen LogP contribution in [0.25, 0.3) is 11.1 Å². The maximum Gasteiger partial charge on any atom is 0.126 e. The Morgan fingerprint density at radius 1 is 1.00 bits per heavy atom. The van der Waals surface area contributed by atoms with Crippen LogP contribution in [-0.4, -0.2) is 32.6 Å². The molecule has 0 heterocycles. The smallest absolute Gasteiger partial charge is 0.126 e. The van der Waals surface area contributed by atoms with E-state index >= 15 is 0 Å². The molecule has 0 fully saturated rings. The molecule has 2 aromatic carbocycles. The van der Waals surface area contributed by atoms with Crippen molar-refractivity contribution in [3.8, 4) is 16.9 Å². The van der Waals surface area contributed by atoms with Gasteiger partial charge < -0.3 is 9.64 Å². The van der Waals surface area contributed by atoms with Gasteiger partial charge in [0.05, 0.1) is 7.11 Å². The van der Waals surface area contributed by atoms with Gasteiger partial charge in [-0.1, -0.05) is 42.5 Å². The normalized spacial score (nSPS) is 10.8. The van der Waals surface area contributed by atoms with Gasteiger partial charge in [0.1, 0.15) is 5.75 Å². The number of rotatable bonds is 6. The summed E-state index contributed by atoms with van der Waals surface area (Å²) in [6.45, 7) is 1.12.